The maximum atomic E-state index is 6.28. The van der Waals surface area contributed by atoms with E-state index in [9.17, 15) is 0 Å². The maximum absolute atomic E-state index is 6.28. The average molecular weight is 363 g/mol. The van der Waals surface area contributed by atoms with E-state index in [1.165, 1.54) is 19.4 Å². The van der Waals surface area contributed by atoms with Crippen LogP contribution in [0, 0.1) is 0 Å². The Labute approximate surface area is 150 Å². The van der Waals surface area contributed by atoms with Crippen LogP contribution in [0.4, 0.5) is 0 Å². The van der Waals surface area contributed by atoms with Gasteiger partial charge in [-0.1, -0.05) is 18.5 Å². The van der Waals surface area contributed by atoms with Crippen LogP contribution >= 0.6 is 24.0 Å². The molecule has 0 amide bonds. The van der Waals surface area contributed by atoms with Crippen molar-refractivity contribution in [1.82, 2.24) is 10.2 Å². The summed E-state index contributed by atoms with van der Waals surface area (Å²) in [5, 5.41) is 4.14. The standard InChI is InChI=1S/C17H27ClN2O2.ClH/c1-4-20-8-6-7-14(20)12-19-11-13-9-15(18)17(21-3)16(10-13)22-5-2;/h9-10,14,19H,4-8,11-12H2,1-3H3;1H. The SMILES string of the molecule is CCOc1cc(CNCC2CCCN2CC)cc(Cl)c1OC.Cl. The molecule has 132 valence electrons. The summed E-state index contributed by atoms with van der Waals surface area (Å²) >= 11 is 6.28. The van der Waals surface area contributed by atoms with Gasteiger partial charge in [-0.25, -0.2) is 0 Å². The van der Waals surface area contributed by atoms with Crippen molar-refractivity contribution in [2.24, 2.45) is 0 Å². The maximum Gasteiger partial charge on any atom is 0.179 e. The van der Waals surface area contributed by atoms with Crippen molar-refractivity contribution in [3.05, 3.63) is 22.7 Å². The van der Waals surface area contributed by atoms with Gasteiger partial charge in [-0.2, -0.15) is 0 Å². The molecule has 1 fully saturated rings. The molecule has 4 nitrogen and oxygen atoms in total. The number of benzene rings is 1. The van der Waals surface area contributed by atoms with Crippen molar-refractivity contribution >= 4 is 24.0 Å². The predicted molar refractivity (Wildman–Crippen MR) is 98.4 cm³/mol. The van der Waals surface area contributed by atoms with Crippen molar-refractivity contribution in [1.29, 1.82) is 0 Å². The Kier molecular flexibility index (Phi) is 9.07. The van der Waals surface area contributed by atoms with E-state index in [0.717, 1.165) is 25.2 Å². The number of ether oxygens (including phenoxy) is 2. The van der Waals surface area contributed by atoms with Crippen molar-refractivity contribution < 1.29 is 9.47 Å². The van der Waals surface area contributed by atoms with Crippen LogP contribution in [0.2, 0.25) is 5.02 Å². The molecule has 1 atom stereocenters. The van der Waals surface area contributed by atoms with Crippen LogP contribution in [0.15, 0.2) is 12.1 Å². The second kappa shape index (κ2) is 10.2. The minimum absolute atomic E-state index is 0. The van der Waals surface area contributed by atoms with E-state index in [4.69, 9.17) is 21.1 Å². The molecular formula is C17H28Cl2N2O2. The van der Waals surface area contributed by atoms with Crippen LogP contribution in [0.5, 0.6) is 11.5 Å². The van der Waals surface area contributed by atoms with Gasteiger partial charge in [-0.05, 0) is 50.6 Å². The zero-order valence-corrected chi connectivity index (χ0v) is 15.8. The van der Waals surface area contributed by atoms with Gasteiger partial charge in [0, 0.05) is 19.1 Å². The normalized spacial score (nSPS) is 17.8. The number of hydrogen-bond donors (Lipinski definition) is 1. The van der Waals surface area contributed by atoms with Gasteiger partial charge in [-0.15, -0.1) is 12.4 Å². The van der Waals surface area contributed by atoms with Gasteiger partial charge in [0.15, 0.2) is 11.5 Å². The molecule has 1 aliphatic heterocycles. The summed E-state index contributed by atoms with van der Waals surface area (Å²) < 4.78 is 10.9. The minimum Gasteiger partial charge on any atom is -0.491 e. The van der Waals surface area contributed by atoms with E-state index < -0.39 is 0 Å². The van der Waals surface area contributed by atoms with Crippen molar-refractivity contribution in [2.75, 3.05) is 33.4 Å². The lowest BCUT2D eigenvalue weighted by Gasteiger charge is -2.23. The number of hydrogen-bond acceptors (Lipinski definition) is 4. The van der Waals surface area contributed by atoms with E-state index in [1.54, 1.807) is 7.11 Å². The number of nitrogens with one attached hydrogen (secondary N) is 1. The summed E-state index contributed by atoms with van der Waals surface area (Å²) in [6.07, 6.45) is 2.59. The highest BCUT2D eigenvalue weighted by Crippen LogP contribution is 2.36. The summed E-state index contributed by atoms with van der Waals surface area (Å²) in [5.74, 6) is 1.32. The molecule has 1 saturated heterocycles. The Bertz CT molecular complexity index is 486. The largest absolute Gasteiger partial charge is 0.491 e. The topological polar surface area (TPSA) is 33.7 Å². The molecule has 0 aromatic heterocycles. The van der Waals surface area contributed by atoms with Crippen molar-refractivity contribution in [3.63, 3.8) is 0 Å². The Hall–Kier alpha value is -0.680. The Morgan fingerprint density at radius 3 is 2.78 bits per heavy atom. The molecule has 1 unspecified atom stereocenters. The first-order chi connectivity index (χ1) is 10.7. The fourth-order valence-electron chi connectivity index (χ4n) is 3.11. The third-order valence-electron chi connectivity index (χ3n) is 4.19. The highest BCUT2D eigenvalue weighted by atomic mass is 35.5. The highest BCUT2D eigenvalue weighted by Gasteiger charge is 2.22. The minimum atomic E-state index is 0. The fourth-order valence-corrected chi connectivity index (χ4v) is 3.42. The summed E-state index contributed by atoms with van der Waals surface area (Å²) in [5.41, 5.74) is 1.12. The molecule has 0 aliphatic carbocycles. The average Bonchev–Trinajstić information content (AvgIpc) is 2.95. The third-order valence-corrected chi connectivity index (χ3v) is 4.47. The van der Waals surface area contributed by atoms with Crippen molar-refractivity contribution in [2.45, 2.75) is 39.3 Å². The van der Waals surface area contributed by atoms with E-state index >= 15 is 0 Å². The van der Waals surface area contributed by atoms with Gasteiger partial charge in [0.2, 0.25) is 0 Å². The van der Waals surface area contributed by atoms with Gasteiger partial charge in [0.1, 0.15) is 0 Å². The molecule has 1 heterocycles. The molecule has 1 aliphatic rings. The number of halogens is 2. The number of methoxy groups -OCH3 is 1. The molecule has 1 aromatic carbocycles. The van der Waals surface area contributed by atoms with Gasteiger partial charge in [0.05, 0.1) is 18.7 Å². The molecule has 6 heteroatoms. The lowest BCUT2D eigenvalue weighted by atomic mass is 10.1. The lowest BCUT2D eigenvalue weighted by molar-refractivity contribution is 0.260. The molecule has 0 radical (unpaired) electrons. The van der Waals surface area contributed by atoms with E-state index in [0.29, 0.717) is 29.2 Å². The fraction of sp³-hybridized carbons (Fsp3) is 0.647. The van der Waals surface area contributed by atoms with Crippen LogP contribution in [-0.2, 0) is 6.54 Å². The monoisotopic (exact) mass is 362 g/mol. The molecule has 0 spiro atoms. The molecule has 0 saturated carbocycles. The van der Waals surface area contributed by atoms with Crippen LogP contribution in [0.3, 0.4) is 0 Å². The summed E-state index contributed by atoms with van der Waals surface area (Å²) in [6, 6.07) is 4.61. The lowest BCUT2D eigenvalue weighted by Crippen LogP contribution is -2.37. The van der Waals surface area contributed by atoms with Crippen LogP contribution < -0.4 is 14.8 Å². The molecular weight excluding hydrogens is 335 g/mol. The van der Waals surface area contributed by atoms with Gasteiger partial charge < -0.3 is 14.8 Å². The molecule has 23 heavy (non-hydrogen) atoms. The highest BCUT2D eigenvalue weighted by molar-refractivity contribution is 6.32. The number of rotatable bonds is 8. The zero-order valence-electron chi connectivity index (χ0n) is 14.2. The molecule has 1 aromatic rings. The second-order valence-electron chi connectivity index (χ2n) is 5.60. The van der Waals surface area contributed by atoms with E-state index in [1.807, 2.05) is 19.1 Å². The van der Waals surface area contributed by atoms with E-state index in [-0.39, 0.29) is 12.4 Å². The smallest absolute Gasteiger partial charge is 0.179 e. The quantitative estimate of drug-likeness (QED) is 0.763. The van der Waals surface area contributed by atoms with Gasteiger partial charge >= 0.3 is 0 Å². The first-order valence-corrected chi connectivity index (χ1v) is 8.51. The molecule has 1 N–H and O–H groups in total. The number of likely N-dealkylation sites (N-methyl/N-ethyl adjacent to an activating group) is 1. The summed E-state index contributed by atoms with van der Waals surface area (Å²) in [7, 11) is 1.61. The predicted octanol–water partition coefficient (Wildman–Crippen LogP) is 3.74. The zero-order chi connectivity index (χ0) is 15.9. The summed E-state index contributed by atoms with van der Waals surface area (Å²) in [6.45, 7) is 8.95. The van der Waals surface area contributed by atoms with Crippen LogP contribution in [0.25, 0.3) is 0 Å². The summed E-state index contributed by atoms with van der Waals surface area (Å²) in [4.78, 5) is 2.54. The van der Waals surface area contributed by atoms with Crippen LogP contribution in [-0.4, -0.2) is 44.3 Å². The Balaban J connectivity index is 0.00000264. The Morgan fingerprint density at radius 1 is 1.35 bits per heavy atom. The molecule has 0 bridgehead atoms. The second-order valence-corrected chi connectivity index (χ2v) is 6.00. The van der Waals surface area contributed by atoms with Crippen molar-refractivity contribution in [3.8, 4) is 11.5 Å². The third kappa shape index (κ3) is 5.42. The first kappa shape index (κ1) is 20.4. The van der Waals surface area contributed by atoms with E-state index in [2.05, 4.69) is 17.1 Å². The van der Waals surface area contributed by atoms with Crippen LogP contribution in [0.1, 0.15) is 32.3 Å². The molecule has 2 rings (SSSR count). The van der Waals surface area contributed by atoms with Gasteiger partial charge in [0.25, 0.3) is 0 Å². The first-order valence-electron chi connectivity index (χ1n) is 8.13. The number of likely N-dealkylation sites (tertiary alicyclic amines) is 1. The number of nitrogens with zero attached hydrogens (tertiary/aromatic N) is 1. The Morgan fingerprint density at radius 2 is 2.13 bits per heavy atom. The van der Waals surface area contributed by atoms with Gasteiger partial charge in [-0.3, -0.25) is 4.90 Å².